The molecule has 0 bridgehead atoms. The molecular formula is C23H18B2O3. The highest BCUT2D eigenvalue weighted by Gasteiger charge is 2.09. The van der Waals surface area contributed by atoms with E-state index in [0.29, 0.717) is 5.46 Å². The Kier molecular flexibility index (Phi) is 6.37. The van der Waals surface area contributed by atoms with Gasteiger partial charge < -0.3 is 15.1 Å². The summed E-state index contributed by atoms with van der Waals surface area (Å²) in [5, 5.41) is 27.7. The molecule has 0 aliphatic heterocycles. The van der Waals surface area contributed by atoms with Crippen LogP contribution in [0.1, 0.15) is 22.3 Å². The maximum absolute atomic E-state index is 9.53. The van der Waals surface area contributed by atoms with Crippen molar-refractivity contribution in [3.05, 3.63) is 95.1 Å². The number of benzene rings is 3. The highest BCUT2D eigenvalue weighted by molar-refractivity contribution is 6.64. The van der Waals surface area contributed by atoms with Crippen LogP contribution in [0.2, 0.25) is 6.82 Å². The average Bonchev–Trinajstić information content (AvgIpc) is 2.72. The van der Waals surface area contributed by atoms with Gasteiger partial charge in [-0.3, -0.25) is 0 Å². The van der Waals surface area contributed by atoms with Crippen LogP contribution in [0, 0.1) is 23.7 Å². The molecule has 3 nitrogen and oxygen atoms in total. The van der Waals surface area contributed by atoms with Crippen LogP contribution >= 0.6 is 0 Å². The molecule has 0 radical (unpaired) electrons. The summed E-state index contributed by atoms with van der Waals surface area (Å²) >= 11 is 0. The first-order valence-corrected chi connectivity index (χ1v) is 8.89. The second kappa shape index (κ2) is 9.13. The molecule has 28 heavy (non-hydrogen) atoms. The zero-order chi connectivity index (χ0) is 19.9. The summed E-state index contributed by atoms with van der Waals surface area (Å²) in [7, 11) is -1.47. The lowest BCUT2D eigenvalue weighted by molar-refractivity contribution is 0.426. The zero-order valence-corrected chi connectivity index (χ0v) is 15.4. The summed E-state index contributed by atoms with van der Waals surface area (Å²) in [5.74, 6) is 12.4. The summed E-state index contributed by atoms with van der Waals surface area (Å²) in [4.78, 5) is 0. The normalized spacial score (nSPS) is 9.57. The van der Waals surface area contributed by atoms with Gasteiger partial charge in [0.05, 0.1) is 0 Å². The third-order valence-corrected chi connectivity index (χ3v) is 4.19. The summed E-state index contributed by atoms with van der Waals surface area (Å²) in [5.41, 5.74) is 4.77. The Morgan fingerprint density at radius 3 is 1.07 bits per heavy atom. The van der Waals surface area contributed by atoms with E-state index in [2.05, 4.69) is 23.7 Å². The first-order chi connectivity index (χ1) is 13.5. The minimum Gasteiger partial charge on any atom is -0.447 e. The van der Waals surface area contributed by atoms with Gasteiger partial charge in [0.2, 0.25) is 0 Å². The van der Waals surface area contributed by atoms with Crippen molar-refractivity contribution in [2.45, 2.75) is 6.82 Å². The van der Waals surface area contributed by atoms with E-state index in [-0.39, 0.29) is 0 Å². The van der Waals surface area contributed by atoms with E-state index in [1.165, 1.54) is 0 Å². The van der Waals surface area contributed by atoms with Crippen molar-refractivity contribution < 1.29 is 15.1 Å². The second-order valence-corrected chi connectivity index (χ2v) is 6.37. The van der Waals surface area contributed by atoms with Gasteiger partial charge in [-0.05, 0) is 59.5 Å². The molecule has 5 heteroatoms. The fraction of sp³-hybridized carbons (Fsp3) is 0.0435. The largest absolute Gasteiger partial charge is 0.488 e. The van der Waals surface area contributed by atoms with Crippen LogP contribution in [0.3, 0.4) is 0 Å². The SMILES string of the molecule is CB(O)c1ccc(C#Cc2ccc(C#Cc3ccc(B(O)O)cc3)cc2)cc1. The second-order valence-electron chi connectivity index (χ2n) is 6.37. The topological polar surface area (TPSA) is 60.7 Å². The molecule has 0 fully saturated rings. The van der Waals surface area contributed by atoms with Crippen LogP contribution in [-0.4, -0.2) is 29.1 Å². The Bertz CT molecular complexity index is 959. The van der Waals surface area contributed by atoms with Gasteiger partial charge in [-0.2, -0.15) is 0 Å². The van der Waals surface area contributed by atoms with E-state index < -0.39 is 14.0 Å². The van der Waals surface area contributed by atoms with Gasteiger partial charge >= 0.3 is 14.0 Å². The molecule has 0 aromatic heterocycles. The van der Waals surface area contributed by atoms with Gasteiger partial charge in [0, 0.05) is 22.3 Å². The maximum Gasteiger partial charge on any atom is 0.488 e. The van der Waals surface area contributed by atoms with Gasteiger partial charge in [0.25, 0.3) is 0 Å². The molecular weight excluding hydrogens is 346 g/mol. The molecule has 3 rings (SSSR count). The molecule has 3 aromatic rings. The van der Waals surface area contributed by atoms with Gasteiger partial charge in [0.15, 0.2) is 0 Å². The highest BCUT2D eigenvalue weighted by Crippen LogP contribution is 2.04. The predicted octanol–water partition coefficient (Wildman–Crippen LogP) is 0.987. The monoisotopic (exact) mass is 364 g/mol. The van der Waals surface area contributed by atoms with Crippen LogP contribution in [0.25, 0.3) is 0 Å². The van der Waals surface area contributed by atoms with Crippen molar-refractivity contribution in [2.75, 3.05) is 0 Å². The molecule has 3 N–H and O–H groups in total. The Labute approximate surface area is 166 Å². The molecule has 0 aliphatic carbocycles. The van der Waals surface area contributed by atoms with Crippen molar-refractivity contribution in [1.82, 2.24) is 0 Å². The van der Waals surface area contributed by atoms with Crippen LogP contribution in [0.5, 0.6) is 0 Å². The third-order valence-electron chi connectivity index (χ3n) is 4.19. The molecule has 0 unspecified atom stereocenters. The minimum atomic E-state index is -1.47. The van der Waals surface area contributed by atoms with E-state index in [4.69, 9.17) is 10.0 Å². The minimum absolute atomic E-state index is 0.439. The number of hydrogen-bond acceptors (Lipinski definition) is 3. The van der Waals surface area contributed by atoms with E-state index in [1.54, 1.807) is 31.1 Å². The predicted molar refractivity (Wildman–Crippen MR) is 115 cm³/mol. The molecule has 0 amide bonds. The Hall–Kier alpha value is -3.21. The molecule has 0 saturated carbocycles. The van der Waals surface area contributed by atoms with Crippen molar-refractivity contribution in [3.8, 4) is 23.7 Å². The van der Waals surface area contributed by atoms with Crippen molar-refractivity contribution in [2.24, 2.45) is 0 Å². The van der Waals surface area contributed by atoms with Crippen molar-refractivity contribution in [1.29, 1.82) is 0 Å². The van der Waals surface area contributed by atoms with Crippen LogP contribution in [-0.2, 0) is 0 Å². The quantitative estimate of drug-likeness (QED) is 0.470. The van der Waals surface area contributed by atoms with Gasteiger partial charge in [-0.1, -0.05) is 54.8 Å². The average molecular weight is 364 g/mol. The van der Waals surface area contributed by atoms with Crippen molar-refractivity contribution >= 4 is 25.0 Å². The lowest BCUT2D eigenvalue weighted by Gasteiger charge is -1.99. The maximum atomic E-state index is 9.53. The first kappa shape index (κ1) is 19.5. The summed E-state index contributed by atoms with van der Waals surface area (Å²) < 4.78 is 0. The van der Waals surface area contributed by atoms with E-state index in [1.807, 2.05) is 48.5 Å². The van der Waals surface area contributed by atoms with Crippen LogP contribution in [0.4, 0.5) is 0 Å². The Balaban J connectivity index is 1.67. The number of hydrogen-bond donors (Lipinski definition) is 3. The molecule has 0 aliphatic rings. The van der Waals surface area contributed by atoms with Crippen molar-refractivity contribution in [3.63, 3.8) is 0 Å². The molecule has 0 atom stereocenters. The van der Waals surface area contributed by atoms with E-state index in [0.717, 1.165) is 27.7 Å². The smallest absolute Gasteiger partial charge is 0.447 e. The standard InChI is InChI=1S/C23H18B2O3/c1-24(26)22-14-10-20(11-15-22)8-6-18-2-4-19(5-3-18)7-9-21-12-16-23(17-13-21)25(27)28/h2-5,10-17,26-28H,1H3. The third kappa shape index (κ3) is 5.39. The first-order valence-electron chi connectivity index (χ1n) is 8.89. The van der Waals surface area contributed by atoms with Gasteiger partial charge in [0.1, 0.15) is 0 Å². The zero-order valence-electron chi connectivity index (χ0n) is 15.4. The molecule has 3 aromatic carbocycles. The van der Waals surface area contributed by atoms with E-state index in [9.17, 15) is 5.02 Å². The Morgan fingerprint density at radius 1 is 0.500 bits per heavy atom. The highest BCUT2D eigenvalue weighted by atomic mass is 16.4. The lowest BCUT2D eigenvalue weighted by Crippen LogP contribution is -2.29. The fourth-order valence-electron chi connectivity index (χ4n) is 2.51. The lowest BCUT2D eigenvalue weighted by atomic mass is 9.64. The summed E-state index contributed by atoms with van der Waals surface area (Å²) in [6.45, 7) is 1.26. The van der Waals surface area contributed by atoms with Crippen LogP contribution < -0.4 is 10.9 Å². The van der Waals surface area contributed by atoms with Crippen LogP contribution in [0.15, 0.2) is 72.8 Å². The summed E-state index contributed by atoms with van der Waals surface area (Å²) in [6.07, 6.45) is 0. The fourth-order valence-corrected chi connectivity index (χ4v) is 2.51. The Morgan fingerprint density at radius 2 is 0.786 bits per heavy atom. The molecule has 0 heterocycles. The molecule has 0 saturated heterocycles. The molecule has 0 spiro atoms. The molecule has 134 valence electrons. The van der Waals surface area contributed by atoms with Gasteiger partial charge in [-0.25, -0.2) is 0 Å². The summed E-state index contributed by atoms with van der Waals surface area (Å²) in [6, 6.07) is 22.0. The number of rotatable bonds is 2. The van der Waals surface area contributed by atoms with E-state index >= 15 is 0 Å². The van der Waals surface area contributed by atoms with Gasteiger partial charge in [-0.15, -0.1) is 0 Å².